The second-order valence-corrected chi connectivity index (χ2v) is 9.34. The van der Waals surface area contributed by atoms with Gasteiger partial charge in [-0.1, -0.05) is 135 Å². The molecule has 0 aromatic carbocycles. The molecule has 0 heterocycles. The molecule has 0 amide bonds. The Hall–Kier alpha value is -0.610. The van der Waals surface area contributed by atoms with Crippen LogP contribution in [0.1, 0.15) is 148 Å². The van der Waals surface area contributed by atoms with Crippen LogP contribution < -0.4 is 0 Å². The maximum Gasteiger partial charge on any atom is 0.305 e. The standard InChI is InChI=1S/C27H54O4/c1-2-3-4-5-6-7-8-9-10-11-12-13-14-15-16-17-18-19-20-21-22-23-27(30)31-25-26(29)24-28/h26,28-29H,2-25H2,1H3. The summed E-state index contributed by atoms with van der Waals surface area (Å²) in [7, 11) is 0. The highest BCUT2D eigenvalue weighted by Crippen LogP contribution is 2.15. The number of aliphatic hydroxyl groups excluding tert-OH is 2. The number of unbranched alkanes of at least 4 members (excludes halogenated alkanes) is 20. The lowest BCUT2D eigenvalue weighted by Gasteiger charge is -2.08. The fourth-order valence-corrected chi connectivity index (χ4v) is 4.02. The zero-order valence-electron chi connectivity index (χ0n) is 20.8. The Balaban J connectivity index is 3.10. The molecule has 0 aliphatic carbocycles. The molecule has 0 saturated heterocycles. The van der Waals surface area contributed by atoms with Crippen LogP contribution in [0, 0.1) is 0 Å². The van der Waals surface area contributed by atoms with E-state index in [4.69, 9.17) is 14.9 Å². The second-order valence-electron chi connectivity index (χ2n) is 9.34. The molecule has 0 bridgehead atoms. The second kappa shape index (κ2) is 25.6. The molecule has 0 aromatic heterocycles. The van der Waals surface area contributed by atoms with Gasteiger partial charge < -0.3 is 14.9 Å². The first kappa shape index (κ1) is 30.4. The van der Waals surface area contributed by atoms with Gasteiger partial charge in [0.15, 0.2) is 0 Å². The van der Waals surface area contributed by atoms with E-state index >= 15 is 0 Å². The number of hydrogen-bond donors (Lipinski definition) is 2. The van der Waals surface area contributed by atoms with Gasteiger partial charge in [-0.3, -0.25) is 4.79 Å². The lowest BCUT2D eigenvalue weighted by Crippen LogP contribution is -2.21. The third kappa shape index (κ3) is 25.5. The number of aliphatic hydroxyl groups is 2. The maximum atomic E-state index is 11.4. The predicted octanol–water partition coefficient (Wildman–Crippen LogP) is 7.48. The molecule has 0 aliphatic rings. The largest absolute Gasteiger partial charge is 0.463 e. The summed E-state index contributed by atoms with van der Waals surface area (Å²) in [5, 5.41) is 17.8. The van der Waals surface area contributed by atoms with Crippen LogP contribution in [0.2, 0.25) is 0 Å². The van der Waals surface area contributed by atoms with Gasteiger partial charge in [0.1, 0.15) is 12.7 Å². The summed E-state index contributed by atoms with van der Waals surface area (Å²) in [5.74, 6) is -0.273. The van der Waals surface area contributed by atoms with Crippen molar-refractivity contribution in [3.8, 4) is 0 Å². The van der Waals surface area contributed by atoms with Gasteiger partial charge in [-0.25, -0.2) is 0 Å². The van der Waals surface area contributed by atoms with Crippen LogP contribution in [0.5, 0.6) is 0 Å². The van der Waals surface area contributed by atoms with Crippen molar-refractivity contribution in [2.24, 2.45) is 0 Å². The molecule has 0 fully saturated rings. The first-order valence-electron chi connectivity index (χ1n) is 13.6. The van der Waals surface area contributed by atoms with Crippen LogP contribution >= 0.6 is 0 Å². The number of hydrogen-bond acceptors (Lipinski definition) is 4. The summed E-state index contributed by atoms with van der Waals surface area (Å²) in [6.07, 6.45) is 27.8. The quantitative estimate of drug-likeness (QED) is 0.114. The highest BCUT2D eigenvalue weighted by molar-refractivity contribution is 5.69. The molecule has 186 valence electrons. The van der Waals surface area contributed by atoms with Gasteiger partial charge in [0.05, 0.1) is 6.61 Å². The van der Waals surface area contributed by atoms with Crippen LogP contribution in [-0.2, 0) is 9.53 Å². The molecular weight excluding hydrogens is 388 g/mol. The molecule has 1 atom stereocenters. The number of carbonyl (C=O) groups excluding carboxylic acids is 1. The molecular formula is C27H54O4. The van der Waals surface area contributed by atoms with Crippen molar-refractivity contribution >= 4 is 5.97 Å². The van der Waals surface area contributed by atoms with Crippen molar-refractivity contribution in [3.63, 3.8) is 0 Å². The molecule has 0 aromatic rings. The van der Waals surface area contributed by atoms with Gasteiger partial charge >= 0.3 is 5.97 Å². The van der Waals surface area contributed by atoms with E-state index in [0.29, 0.717) is 6.42 Å². The minimum absolute atomic E-state index is 0.103. The molecule has 31 heavy (non-hydrogen) atoms. The SMILES string of the molecule is CCCCCCCCCCCCCCCCCCCCCCCC(=O)OCC(O)CO. The first-order valence-corrected chi connectivity index (χ1v) is 13.6. The fraction of sp³-hybridized carbons (Fsp3) is 0.963. The lowest BCUT2D eigenvalue weighted by atomic mass is 10.0. The molecule has 4 nitrogen and oxygen atoms in total. The van der Waals surface area contributed by atoms with Gasteiger partial charge in [-0.2, -0.15) is 0 Å². The molecule has 0 spiro atoms. The van der Waals surface area contributed by atoms with Crippen molar-refractivity contribution in [2.75, 3.05) is 13.2 Å². The lowest BCUT2D eigenvalue weighted by molar-refractivity contribution is -0.147. The molecule has 4 heteroatoms. The van der Waals surface area contributed by atoms with E-state index in [1.54, 1.807) is 0 Å². The molecule has 0 rings (SSSR count). The monoisotopic (exact) mass is 442 g/mol. The van der Waals surface area contributed by atoms with E-state index in [0.717, 1.165) is 12.8 Å². The Morgan fingerprint density at radius 2 is 0.935 bits per heavy atom. The summed E-state index contributed by atoms with van der Waals surface area (Å²) >= 11 is 0. The Kier molecular flexibility index (Phi) is 25.1. The van der Waals surface area contributed by atoms with E-state index in [2.05, 4.69) is 6.92 Å². The van der Waals surface area contributed by atoms with Gasteiger partial charge in [-0.05, 0) is 6.42 Å². The molecule has 0 aliphatic heterocycles. The molecule has 0 radical (unpaired) electrons. The number of carbonyl (C=O) groups is 1. The smallest absolute Gasteiger partial charge is 0.305 e. The van der Waals surface area contributed by atoms with E-state index < -0.39 is 6.10 Å². The van der Waals surface area contributed by atoms with Crippen LogP contribution in [0.4, 0.5) is 0 Å². The van der Waals surface area contributed by atoms with E-state index in [1.165, 1.54) is 122 Å². The zero-order valence-corrected chi connectivity index (χ0v) is 20.8. The zero-order chi connectivity index (χ0) is 22.8. The van der Waals surface area contributed by atoms with E-state index in [1.807, 2.05) is 0 Å². The first-order chi connectivity index (χ1) is 15.2. The topological polar surface area (TPSA) is 66.8 Å². The summed E-state index contributed by atoms with van der Waals surface area (Å²) in [6, 6.07) is 0. The third-order valence-electron chi connectivity index (χ3n) is 6.13. The van der Waals surface area contributed by atoms with Crippen LogP contribution in [-0.4, -0.2) is 35.5 Å². The van der Waals surface area contributed by atoms with Crippen molar-refractivity contribution in [1.29, 1.82) is 0 Å². The van der Waals surface area contributed by atoms with Crippen molar-refractivity contribution < 1.29 is 19.7 Å². The fourth-order valence-electron chi connectivity index (χ4n) is 4.02. The summed E-state index contributed by atoms with van der Waals surface area (Å²) in [4.78, 5) is 11.4. The van der Waals surface area contributed by atoms with Gasteiger partial charge in [0.25, 0.3) is 0 Å². The maximum absolute atomic E-state index is 11.4. The number of ether oxygens (including phenoxy) is 1. The van der Waals surface area contributed by atoms with Crippen LogP contribution in [0.15, 0.2) is 0 Å². The predicted molar refractivity (Wildman–Crippen MR) is 131 cm³/mol. The van der Waals surface area contributed by atoms with Gasteiger partial charge in [0.2, 0.25) is 0 Å². The van der Waals surface area contributed by atoms with Crippen LogP contribution in [0.3, 0.4) is 0 Å². The molecule has 1 unspecified atom stereocenters. The summed E-state index contributed by atoms with van der Waals surface area (Å²) in [5.41, 5.74) is 0. The normalized spacial score (nSPS) is 12.2. The Labute approximate surface area is 193 Å². The van der Waals surface area contributed by atoms with E-state index in [-0.39, 0.29) is 19.2 Å². The van der Waals surface area contributed by atoms with Gasteiger partial charge in [-0.15, -0.1) is 0 Å². The summed E-state index contributed by atoms with van der Waals surface area (Å²) < 4.78 is 4.89. The minimum atomic E-state index is -0.955. The van der Waals surface area contributed by atoms with Crippen molar-refractivity contribution in [3.05, 3.63) is 0 Å². The minimum Gasteiger partial charge on any atom is -0.463 e. The highest BCUT2D eigenvalue weighted by Gasteiger charge is 2.07. The van der Waals surface area contributed by atoms with Gasteiger partial charge in [0, 0.05) is 6.42 Å². The number of esters is 1. The van der Waals surface area contributed by atoms with Crippen molar-refractivity contribution in [1.82, 2.24) is 0 Å². The molecule has 2 N–H and O–H groups in total. The highest BCUT2D eigenvalue weighted by atomic mass is 16.5. The Morgan fingerprint density at radius 3 is 1.26 bits per heavy atom. The summed E-state index contributed by atoms with van der Waals surface area (Å²) in [6.45, 7) is 1.81. The Bertz CT molecular complexity index is 359. The van der Waals surface area contributed by atoms with Crippen molar-refractivity contribution in [2.45, 2.75) is 154 Å². The number of rotatable bonds is 25. The van der Waals surface area contributed by atoms with Crippen LogP contribution in [0.25, 0.3) is 0 Å². The Morgan fingerprint density at radius 1 is 0.613 bits per heavy atom. The molecule has 0 saturated carbocycles. The van der Waals surface area contributed by atoms with E-state index in [9.17, 15) is 4.79 Å². The average molecular weight is 443 g/mol. The third-order valence-corrected chi connectivity index (χ3v) is 6.13. The average Bonchev–Trinajstić information content (AvgIpc) is 2.78.